The fourth-order valence-electron chi connectivity index (χ4n) is 3.67. The van der Waals surface area contributed by atoms with Crippen LogP contribution in [0.2, 0.25) is 0 Å². The monoisotopic (exact) mass is 454 g/mol. The molecule has 0 nitrogen and oxygen atoms in total. The Morgan fingerprint density at radius 2 is 1.04 bits per heavy atom. The van der Waals surface area contributed by atoms with E-state index in [-0.39, 0.29) is 0 Å². The molecule has 0 spiro atoms. The Hall–Kier alpha value is -0.400. The molecule has 0 radical (unpaired) electrons. The summed E-state index contributed by atoms with van der Waals surface area (Å²) in [6, 6.07) is 22.4. The molecule has 0 amide bonds. The van der Waals surface area contributed by atoms with Crippen molar-refractivity contribution in [3.8, 4) is 0 Å². The molecule has 0 atom stereocenters. The summed E-state index contributed by atoms with van der Waals surface area (Å²) in [5.74, 6) is 0. The Morgan fingerprint density at radius 3 is 1.38 bits per heavy atom. The Balaban J connectivity index is 2.37. The Bertz CT molecular complexity index is 540. The molecule has 0 unspecified atom stereocenters. The van der Waals surface area contributed by atoms with Crippen molar-refractivity contribution in [3.05, 3.63) is 71.8 Å². The van der Waals surface area contributed by atoms with E-state index >= 15 is 0 Å². The van der Waals surface area contributed by atoms with Crippen LogP contribution < -0.4 is 0 Å². The molecule has 0 bridgehead atoms. The first kappa shape index (κ1) is 19.9. The van der Waals surface area contributed by atoms with E-state index in [0.717, 1.165) is 0 Å². The SMILES string of the molecule is CCCCP(I)(CCCC)(Cc1ccccc1)Cc1ccccc1. The average Bonchev–Trinajstić information content (AvgIpc) is 2.60. The van der Waals surface area contributed by atoms with Crippen LogP contribution in [0.3, 0.4) is 0 Å². The average molecular weight is 454 g/mol. The normalized spacial score (nSPS) is 13.4. The molecule has 132 valence electrons. The molecule has 2 aromatic carbocycles. The minimum absolute atomic E-state index is 1.29. The van der Waals surface area contributed by atoms with Crippen LogP contribution in [-0.2, 0) is 12.3 Å². The first-order valence-corrected chi connectivity index (χ1v) is 15.1. The number of hydrogen-bond donors (Lipinski definition) is 0. The second-order valence-corrected chi connectivity index (χ2v) is 20.6. The zero-order valence-corrected chi connectivity index (χ0v) is 18.3. The van der Waals surface area contributed by atoms with Gasteiger partial charge < -0.3 is 0 Å². The molecule has 0 saturated heterocycles. The van der Waals surface area contributed by atoms with Gasteiger partial charge in [-0.1, -0.05) is 0 Å². The van der Waals surface area contributed by atoms with Crippen LogP contribution in [-0.4, -0.2) is 12.3 Å². The predicted octanol–water partition coefficient (Wildman–Crippen LogP) is 7.89. The van der Waals surface area contributed by atoms with Crippen LogP contribution in [0, 0.1) is 0 Å². The third kappa shape index (κ3) is 5.85. The Kier molecular flexibility index (Phi) is 7.75. The van der Waals surface area contributed by atoms with Gasteiger partial charge in [-0.2, -0.15) is 0 Å². The van der Waals surface area contributed by atoms with Gasteiger partial charge in [0.1, 0.15) is 0 Å². The van der Waals surface area contributed by atoms with E-state index in [9.17, 15) is 0 Å². The van der Waals surface area contributed by atoms with Gasteiger partial charge in [-0.3, -0.25) is 0 Å². The van der Waals surface area contributed by atoms with Gasteiger partial charge in [0, 0.05) is 0 Å². The van der Waals surface area contributed by atoms with Gasteiger partial charge in [0.25, 0.3) is 0 Å². The second kappa shape index (κ2) is 9.34. The van der Waals surface area contributed by atoms with Crippen molar-refractivity contribution >= 4 is 26.3 Å². The van der Waals surface area contributed by atoms with Crippen LogP contribution in [0.15, 0.2) is 60.7 Å². The standard InChI is InChI=1S/C22H32IP/c1-3-5-17-24(23,18-6-4-2,19-21-13-9-7-10-14-21)20-22-15-11-8-12-16-22/h7-16H,3-6,17-20H2,1-2H3. The molecule has 24 heavy (non-hydrogen) atoms. The molecule has 2 rings (SSSR count). The molecular weight excluding hydrogens is 422 g/mol. The van der Waals surface area contributed by atoms with Crippen molar-refractivity contribution in [3.63, 3.8) is 0 Å². The van der Waals surface area contributed by atoms with Crippen LogP contribution in [0.1, 0.15) is 50.7 Å². The molecule has 2 aromatic rings. The molecule has 0 aliphatic rings. The molecule has 0 aliphatic carbocycles. The van der Waals surface area contributed by atoms with Crippen LogP contribution in [0.25, 0.3) is 0 Å². The number of hydrogen-bond acceptors (Lipinski definition) is 0. The summed E-state index contributed by atoms with van der Waals surface area (Å²) in [7, 11) is 0. The van der Waals surface area contributed by atoms with E-state index in [0.29, 0.717) is 0 Å². The van der Waals surface area contributed by atoms with Gasteiger partial charge in [0.15, 0.2) is 0 Å². The van der Waals surface area contributed by atoms with Gasteiger partial charge in [-0.05, 0) is 0 Å². The van der Waals surface area contributed by atoms with Crippen LogP contribution in [0.5, 0.6) is 0 Å². The minimum atomic E-state index is -1.84. The molecule has 2 heteroatoms. The molecular formula is C22H32IP. The topological polar surface area (TPSA) is 0 Å². The van der Waals surface area contributed by atoms with Crippen molar-refractivity contribution in [2.75, 3.05) is 12.3 Å². The maximum atomic E-state index is 2.99. The van der Waals surface area contributed by atoms with E-state index in [1.807, 2.05) is 0 Å². The van der Waals surface area contributed by atoms with E-state index in [1.165, 1.54) is 61.5 Å². The van der Waals surface area contributed by atoms with E-state index < -0.39 is 4.25 Å². The number of unbranched alkanes of at least 4 members (excludes halogenated alkanes) is 2. The fraction of sp³-hybridized carbons (Fsp3) is 0.455. The summed E-state index contributed by atoms with van der Waals surface area (Å²) in [5.41, 5.74) is 3.07. The van der Waals surface area contributed by atoms with Crippen LogP contribution in [0.4, 0.5) is 0 Å². The van der Waals surface area contributed by atoms with Crippen molar-refractivity contribution in [1.82, 2.24) is 0 Å². The van der Waals surface area contributed by atoms with Crippen molar-refractivity contribution < 1.29 is 0 Å². The zero-order chi connectivity index (χ0) is 17.3. The summed E-state index contributed by atoms with van der Waals surface area (Å²) in [6.45, 7) is 4.67. The quantitative estimate of drug-likeness (QED) is 0.253. The first-order chi connectivity index (χ1) is 11.6. The number of halogens is 1. The number of benzene rings is 2. The second-order valence-electron chi connectivity index (χ2n) is 7.26. The van der Waals surface area contributed by atoms with Crippen LogP contribution >= 0.6 is 26.3 Å². The Morgan fingerprint density at radius 1 is 0.667 bits per heavy atom. The third-order valence-corrected chi connectivity index (χ3v) is 15.1. The summed E-state index contributed by atoms with van der Waals surface area (Å²) < 4.78 is -1.84. The maximum absolute atomic E-state index is 2.99. The summed E-state index contributed by atoms with van der Waals surface area (Å²) in [4.78, 5) is 0. The van der Waals surface area contributed by atoms with Gasteiger partial charge in [-0.25, -0.2) is 0 Å². The molecule has 0 N–H and O–H groups in total. The Labute approximate surface area is 161 Å². The number of rotatable bonds is 10. The fourth-order valence-corrected chi connectivity index (χ4v) is 13.5. The van der Waals surface area contributed by atoms with Gasteiger partial charge in [-0.15, -0.1) is 0 Å². The molecule has 0 fully saturated rings. The molecule has 0 aliphatic heterocycles. The molecule has 0 aromatic heterocycles. The summed E-state index contributed by atoms with van der Waals surface area (Å²) in [6.07, 6.45) is 10.8. The van der Waals surface area contributed by atoms with E-state index in [1.54, 1.807) is 0 Å². The van der Waals surface area contributed by atoms with Gasteiger partial charge in [0.05, 0.1) is 0 Å². The predicted molar refractivity (Wildman–Crippen MR) is 121 cm³/mol. The van der Waals surface area contributed by atoms with Crippen molar-refractivity contribution in [2.24, 2.45) is 0 Å². The molecule has 0 heterocycles. The third-order valence-electron chi connectivity index (χ3n) is 4.98. The van der Waals surface area contributed by atoms with E-state index in [4.69, 9.17) is 0 Å². The summed E-state index contributed by atoms with van der Waals surface area (Å²) in [5, 5.41) is 0. The molecule has 0 saturated carbocycles. The van der Waals surface area contributed by atoms with Gasteiger partial charge >= 0.3 is 162 Å². The summed E-state index contributed by atoms with van der Waals surface area (Å²) >= 11 is 2.99. The van der Waals surface area contributed by atoms with E-state index in [2.05, 4.69) is 96.6 Å². The zero-order valence-electron chi connectivity index (χ0n) is 15.3. The first-order valence-electron chi connectivity index (χ1n) is 9.38. The van der Waals surface area contributed by atoms with Gasteiger partial charge in [0.2, 0.25) is 0 Å². The van der Waals surface area contributed by atoms with Crippen molar-refractivity contribution in [2.45, 2.75) is 51.9 Å². The van der Waals surface area contributed by atoms with Crippen molar-refractivity contribution in [1.29, 1.82) is 0 Å².